The van der Waals surface area contributed by atoms with Crippen molar-refractivity contribution in [1.82, 2.24) is 4.57 Å². The van der Waals surface area contributed by atoms with Crippen LogP contribution in [0.25, 0.3) is 10.9 Å². The number of esters is 1. The van der Waals surface area contributed by atoms with Crippen LogP contribution in [-0.2, 0) is 9.53 Å². The highest BCUT2D eigenvalue weighted by molar-refractivity contribution is 6.30. The number of aromatic nitrogens is 1. The van der Waals surface area contributed by atoms with Crippen LogP contribution >= 0.6 is 11.6 Å². The first-order valence-corrected chi connectivity index (χ1v) is 9.97. The van der Waals surface area contributed by atoms with Crippen LogP contribution < -0.4 is 0 Å². The van der Waals surface area contributed by atoms with Gasteiger partial charge in [-0.3, -0.25) is 14.2 Å². The van der Waals surface area contributed by atoms with Crippen LogP contribution in [0.2, 0.25) is 5.02 Å². The number of phenols is 1. The third kappa shape index (κ3) is 4.01. The predicted octanol–water partition coefficient (Wildman–Crippen LogP) is 5.44. The number of carbonyl (C=O) groups is 2. The summed E-state index contributed by atoms with van der Waals surface area (Å²) in [7, 11) is 0. The number of hydrogen-bond acceptors (Lipinski definition) is 4. The number of benzene rings is 2. The van der Waals surface area contributed by atoms with Gasteiger partial charge in [-0.15, -0.1) is 0 Å². The number of ether oxygens (including phenoxy) is 1. The molecule has 0 aliphatic heterocycles. The number of nitrogens with zero attached hydrogens (tertiary/aromatic N) is 1. The average Bonchev–Trinajstić information content (AvgIpc) is 2.98. The van der Waals surface area contributed by atoms with Gasteiger partial charge < -0.3 is 9.84 Å². The first kappa shape index (κ1) is 20.9. The van der Waals surface area contributed by atoms with Crippen molar-refractivity contribution in [2.45, 2.75) is 46.1 Å². The molecule has 6 heteroatoms. The van der Waals surface area contributed by atoms with Gasteiger partial charge in [-0.05, 0) is 75.2 Å². The van der Waals surface area contributed by atoms with Gasteiger partial charge in [0.15, 0.2) is 0 Å². The topological polar surface area (TPSA) is 68.5 Å². The van der Waals surface area contributed by atoms with Crippen molar-refractivity contribution in [3.8, 4) is 5.75 Å². The summed E-state index contributed by atoms with van der Waals surface area (Å²) in [6.07, 6.45) is 0.525. The van der Waals surface area contributed by atoms with Gasteiger partial charge in [0.2, 0.25) is 0 Å². The Kier molecular flexibility index (Phi) is 5.99. The fraction of sp³-hybridized carbons (Fsp3) is 0.304. The van der Waals surface area contributed by atoms with Crippen LogP contribution in [0, 0.1) is 6.92 Å². The molecule has 2 atom stereocenters. The van der Waals surface area contributed by atoms with E-state index in [1.807, 2.05) is 13.8 Å². The van der Waals surface area contributed by atoms with Crippen molar-refractivity contribution in [3.63, 3.8) is 0 Å². The lowest BCUT2D eigenvalue weighted by Crippen LogP contribution is -2.20. The van der Waals surface area contributed by atoms with Gasteiger partial charge in [0.05, 0.1) is 17.5 Å². The number of rotatable bonds is 5. The quantitative estimate of drug-likeness (QED) is 0.565. The summed E-state index contributed by atoms with van der Waals surface area (Å²) in [5, 5.41) is 11.2. The lowest BCUT2D eigenvalue weighted by atomic mass is 9.97. The molecule has 0 saturated heterocycles. The van der Waals surface area contributed by atoms with E-state index in [2.05, 4.69) is 0 Å². The number of hydrogen-bond donors (Lipinski definition) is 1. The first-order valence-electron chi connectivity index (χ1n) is 9.59. The number of carbonyl (C=O) groups excluding carboxylic acids is 2. The Morgan fingerprint density at radius 1 is 1.14 bits per heavy atom. The minimum Gasteiger partial charge on any atom is -0.508 e. The monoisotopic (exact) mass is 413 g/mol. The average molecular weight is 414 g/mol. The molecule has 0 saturated carbocycles. The van der Waals surface area contributed by atoms with E-state index < -0.39 is 5.92 Å². The third-order valence-electron chi connectivity index (χ3n) is 5.21. The molecule has 1 heterocycles. The summed E-state index contributed by atoms with van der Waals surface area (Å²) in [6, 6.07) is 11.4. The number of aromatic hydroxyl groups is 1. The predicted molar refractivity (Wildman–Crippen MR) is 114 cm³/mol. The van der Waals surface area contributed by atoms with E-state index in [-0.39, 0.29) is 23.7 Å². The number of phenolic OH excluding ortho intramolecular Hbond substituents is 1. The summed E-state index contributed by atoms with van der Waals surface area (Å²) in [5.74, 6) is -1.11. The SMILES string of the molecule is CC[C@@H](C)OC(=O)[C@H](C)c1c(C)n(C(=O)c2ccc(Cl)cc2)c2ccc(O)cc12. The molecule has 29 heavy (non-hydrogen) atoms. The van der Waals surface area contributed by atoms with Gasteiger partial charge in [0, 0.05) is 21.7 Å². The maximum atomic E-state index is 13.2. The maximum Gasteiger partial charge on any atom is 0.313 e. The standard InChI is InChI=1S/C23H24ClNO4/c1-5-13(2)29-23(28)14(3)21-15(4)25(20-11-10-18(26)12-19(20)21)22(27)16-6-8-17(24)9-7-16/h6-14,26H,5H2,1-4H3/t13-,14-/m1/s1. The molecule has 0 spiro atoms. The summed E-state index contributed by atoms with van der Waals surface area (Å²) in [4.78, 5) is 25.9. The maximum absolute atomic E-state index is 13.2. The Morgan fingerprint density at radius 2 is 1.79 bits per heavy atom. The minimum absolute atomic E-state index is 0.0670. The van der Waals surface area contributed by atoms with E-state index in [0.717, 1.165) is 6.42 Å². The van der Waals surface area contributed by atoms with E-state index in [9.17, 15) is 14.7 Å². The zero-order valence-electron chi connectivity index (χ0n) is 16.9. The fourth-order valence-electron chi connectivity index (χ4n) is 3.46. The van der Waals surface area contributed by atoms with Crippen LogP contribution in [0.1, 0.15) is 54.7 Å². The molecule has 0 aliphatic rings. The van der Waals surface area contributed by atoms with Crippen LogP contribution in [-0.4, -0.2) is 27.7 Å². The smallest absolute Gasteiger partial charge is 0.313 e. The van der Waals surface area contributed by atoms with Gasteiger partial charge in [-0.1, -0.05) is 18.5 Å². The second-order valence-electron chi connectivity index (χ2n) is 7.23. The van der Waals surface area contributed by atoms with Gasteiger partial charge >= 0.3 is 5.97 Å². The molecule has 1 aromatic heterocycles. The van der Waals surface area contributed by atoms with Crippen molar-refractivity contribution in [3.05, 3.63) is 64.3 Å². The molecule has 0 amide bonds. The van der Waals surface area contributed by atoms with E-state index in [1.165, 1.54) is 6.07 Å². The molecule has 0 bridgehead atoms. The largest absolute Gasteiger partial charge is 0.508 e. The fourth-order valence-corrected chi connectivity index (χ4v) is 3.59. The molecule has 3 rings (SSSR count). The van der Waals surface area contributed by atoms with Crippen LogP contribution in [0.4, 0.5) is 0 Å². The molecule has 0 fully saturated rings. The summed E-state index contributed by atoms with van der Waals surface area (Å²) >= 11 is 5.94. The Morgan fingerprint density at radius 3 is 2.41 bits per heavy atom. The number of fused-ring (bicyclic) bond motifs is 1. The van der Waals surface area contributed by atoms with E-state index in [0.29, 0.717) is 32.7 Å². The van der Waals surface area contributed by atoms with Crippen molar-refractivity contribution >= 4 is 34.4 Å². The Labute approximate surface area is 174 Å². The van der Waals surface area contributed by atoms with Gasteiger partial charge in [0.25, 0.3) is 5.91 Å². The first-order chi connectivity index (χ1) is 13.7. The van der Waals surface area contributed by atoms with Crippen molar-refractivity contribution in [2.24, 2.45) is 0 Å². The molecular weight excluding hydrogens is 390 g/mol. The molecular formula is C23H24ClNO4. The molecule has 2 aromatic carbocycles. The molecule has 152 valence electrons. The lowest BCUT2D eigenvalue weighted by Gasteiger charge is -2.16. The Bertz CT molecular complexity index is 1070. The molecule has 5 nitrogen and oxygen atoms in total. The summed E-state index contributed by atoms with van der Waals surface area (Å²) < 4.78 is 7.08. The highest BCUT2D eigenvalue weighted by Gasteiger charge is 2.28. The van der Waals surface area contributed by atoms with Crippen molar-refractivity contribution < 1.29 is 19.4 Å². The highest BCUT2D eigenvalue weighted by Crippen LogP contribution is 2.35. The zero-order chi connectivity index (χ0) is 21.3. The van der Waals surface area contributed by atoms with Crippen LogP contribution in [0.15, 0.2) is 42.5 Å². The van der Waals surface area contributed by atoms with E-state index in [1.54, 1.807) is 54.8 Å². The molecule has 0 unspecified atom stereocenters. The molecule has 0 radical (unpaired) electrons. The second-order valence-corrected chi connectivity index (χ2v) is 7.66. The number of halogens is 1. The van der Waals surface area contributed by atoms with Crippen molar-refractivity contribution in [2.75, 3.05) is 0 Å². The summed E-state index contributed by atoms with van der Waals surface area (Å²) in [6.45, 7) is 7.35. The second kappa shape index (κ2) is 8.29. The van der Waals surface area contributed by atoms with Crippen molar-refractivity contribution in [1.29, 1.82) is 0 Å². The third-order valence-corrected chi connectivity index (χ3v) is 5.46. The summed E-state index contributed by atoms with van der Waals surface area (Å²) in [5.41, 5.74) is 2.41. The van der Waals surface area contributed by atoms with Gasteiger partial charge in [-0.25, -0.2) is 0 Å². The normalized spacial score (nSPS) is 13.3. The van der Waals surface area contributed by atoms with E-state index >= 15 is 0 Å². The van der Waals surface area contributed by atoms with E-state index in [4.69, 9.17) is 16.3 Å². The van der Waals surface area contributed by atoms with Gasteiger partial charge in [-0.2, -0.15) is 0 Å². The molecule has 1 N–H and O–H groups in total. The molecule has 0 aliphatic carbocycles. The molecule has 3 aromatic rings. The van der Waals surface area contributed by atoms with Gasteiger partial charge in [0.1, 0.15) is 5.75 Å². The Balaban J connectivity index is 2.15. The van der Waals surface area contributed by atoms with Crippen LogP contribution in [0.5, 0.6) is 5.75 Å². The Hall–Kier alpha value is -2.79. The van der Waals surface area contributed by atoms with Crippen LogP contribution in [0.3, 0.4) is 0 Å². The lowest BCUT2D eigenvalue weighted by molar-refractivity contribution is -0.149. The highest BCUT2D eigenvalue weighted by atomic mass is 35.5. The zero-order valence-corrected chi connectivity index (χ0v) is 17.7. The minimum atomic E-state index is -0.590.